The quantitative estimate of drug-likeness (QED) is 0.491. The van der Waals surface area contributed by atoms with E-state index in [4.69, 9.17) is 4.74 Å². The largest absolute Gasteiger partial charge is 0.378 e. The van der Waals surface area contributed by atoms with Gasteiger partial charge in [-0.15, -0.1) is 10.2 Å². The second-order valence-corrected chi connectivity index (χ2v) is 10.7. The van der Waals surface area contributed by atoms with Crippen molar-refractivity contribution in [2.45, 2.75) is 17.0 Å². The lowest BCUT2D eigenvalue weighted by Crippen LogP contribution is -2.37. The number of carbonyl (C=O) groups excluding carboxylic acids is 1. The van der Waals surface area contributed by atoms with Crippen molar-refractivity contribution in [2.24, 2.45) is 0 Å². The van der Waals surface area contributed by atoms with Crippen LogP contribution in [0.15, 0.2) is 58.6 Å². The molecule has 0 spiro atoms. The van der Waals surface area contributed by atoms with E-state index in [-0.39, 0.29) is 17.0 Å². The maximum Gasteiger partial charge on any atom is 0.269 e. The number of rotatable bonds is 6. The normalized spacial score (nSPS) is 17.4. The van der Waals surface area contributed by atoms with Crippen LogP contribution in [-0.2, 0) is 14.8 Å². The molecule has 0 saturated carbocycles. The summed E-state index contributed by atoms with van der Waals surface area (Å²) in [6, 6.07) is 14.4. The lowest BCUT2D eigenvalue weighted by molar-refractivity contribution is 0.0876. The SMILES string of the molecule is Cc1ccc(-n2c(SCCN3C(=O)c4ccccc4S3(=O)=O)nnc2N2CCOCC2)cc1. The van der Waals surface area contributed by atoms with Crippen LogP contribution in [0.1, 0.15) is 15.9 Å². The Labute approximate surface area is 196 Å². The molecule has 33 heavy (non-hydrogen) atoms. The minimum atomic E-state index is -3.82. The Bertz CT molecular complexity index is 1280. The Kier molecular flexibility index (Phi) is 5.85. The molecule has 9 nitrogen and oxygen atoms in total. The van der Waals surface area contributed by atoms with E-state index in [1.165, 1.54) is 17.8 Å². The zero-order valence-corrected chi connectivity index (χ0v) is 19.7. The van der Waals surface area contributed by atoms with Gasteiger partial charge in [0, 0.05) is 25.4 Å². The van der Waals surface area contributed by atoms with Crippen molar-refractivity contribution < 1.29 is 17.9 Å². The van der Waals surface area contributed by atoms with Crippen molar-refractivity contribution in [1.82, 2.24) is 19.1 Å². The molecule has 172 valence electrons. The summed E-state index contributed by atoms with van der Waals surface area (Å²) < 4.78 is 34.0. The van der Waals surface area contributed by atoms with Gasteiger partial charge in [0.1, 0.15) is 4.90 Å². The van der Waals surface area contributed by atoms with Gasteiger partial charge >= 0.3 is 0 Å². The van der Waals surface area contributed by atoms with Crippen molar-refractivity contribution >= 4 is 33.6 Å². The van der Waals surface area contributed by atoms with Gasteiger partial charge in [-0.05, 0) is 31.2 Å². The minimum Gasteiger partial charge on any atom is -0.378 e. The molecule has 1 fully saturated rings. The first-order valence-corrected chi connectivity index (χ1v) is 13.0. The predicted molar refractivity (Wildman–Crippen MR) is 125 cm³/mol. The Morgan fingerprint density at radius 1 is 1.03 bits per heavy atom. The number of sulfonamides is 1. The molecule has 1 amide bonds. The van der Waals surface area contributed by atoms with Crippen LogP contribution in [0.4, 0.5) is 5.95 Å². The Hall–Kier alpha value is -2.89. The summed E-state index contributed by atoms with van der Waals surface area (Å²) in [5.74, 6) is 0.591. The molecule has 2 aromatic carbocycles. The molecule has 0 aliphatic carbocycles. The molecule has 0 unspecified atom stereocenters. The number of benzene rings is 2. The monoisotopic (exact) mass is 485 g/mol. The van der Waals surface area contributed by atoms with E-state index in [0.29, 0.717) is 37.2 Å². The van der Waals surface area contributed by atoms with E-state index in [1.807, 2.05) is 35.8 Å². The van der Waals surface area contributed by atoms with Gasteiger partial charge in [0.25, 0.3) is 15.9 Å². The highest BCUT2D eigenvalue weighted by atomic mass is 32.2. The molecule has 0 bridgehead atoms. The fourth-order valence-electron chi connectivity index (χ4n) is 3.92. The van der Waals surface area contributed by atoms with E-state index in [0.717, 1.165) is 21.5 Å². The molecular weight excluding hydrogens is 462 g/mol. The van der Waals surface area contributed by atoms with Crippen LogP contribution < -0.4 is 4.90 Å². The second-order valence-electron chi connectivity index (χ2n) is 7.78. The third-order valence-corrected chi connectivity index (χ3v) is 8.39. The van der Waals surface area contributed by atoms with Crippen LogP contribution in [0, 0.1) is 6.92 Å². The van der Waals surface area contributed by atoms with Gasteiger partial charge in [-0.25, -0.2) is 12.7 Å². The number of nitrogens with zero attached hydrogens (tertiary/aromatic N) is 5. The summed E-state index contributed by atoms with van der Waals surface area (Å²) >= 11 is 1.37. The number of aromatic nitrogens is 3. The number of thioether (sulfide) groups is 1. The molecule has 2 aliphatic heterocycles. The van der Waals surface area contributed by atoms with Crippen LogP contribution in [-0.4, -0.2) is 72.0 Å². The van der Waals surface area contributed by atoms with Crippen LogP contribution >= 0.6 is 11.8 Å². The number of morpholine rings is 1. The van der Waals surface area contributed by atoms with Crippen molar-refractivity contribution in [3.05, 3.63) is 59.7 Å². The molecule has 5 rings (SSSR count). The Balaban J connectivity index is 1.38. The maximum absolute atomic E-state index is 12.8. The fraction of sp³-hybridized carbons (Fsp3) is 0.318. The van der Waals surface area contributed by atoms with Gasteiger partial charge in [0.05, 0.1) is 24.5 Å². The lowest BCUT2D eigenvalue weighted by atomic mass is 10.2. The van der Waals surface area contributed by atoms with Gasteiger partial charge in [0.15, 0.2) is 5.16 Å². The van der Waals surface area contributed by atoms with Gasteiger partial charge in [-0.1, -0.05) is 41.6 Å². The molecule has 11 heteroatoms. The van der Waals surface area contributed by atoms with Crippen LogP contribution in [0.2, 0.25) is 0 Å². The zero-order chi connectivity index (χ0) is 23.0. The predicted octanol–water partition coefficient (Wildman–Crippen LogP) is 2.35. The van der Waals surface area contributed by atoms with Gasteiger partial charge < -0.3 is 9.64 Å². The summed E-state index contributed by atoms with van der Waals surface area (Å²) in [6.07, 6.45) is 0. The van der Waals surface area contributed by atoms with Gasteiger partial charge in [-0.2, -0.15) is 0 Å². The van der Waals surface area contributed by atoms with E-state index >= 15 is 0 Å². The average Bonchev–Trinajstić information content (AvgIpc) is 3.33. The number of amides is 1. The molecule has 2 aliphatic rings. The average molecular weight is 486 g/mol. The van der Waals surface area contributed by atoms with E-state index in [1.54, 1.807) is 18.2 Å². The first-order valence-electron chi connectivity index (χ1n) is 10.6. The smallest absolute Gasteiger partial charge is 0.269 e. The van der Waals surface area contributed by atoms with E-state index in [9.17, 15) is 13.2 Å². The number of aryl methyl sites for hydroxylation is 1. The highest BCUT2D eigenvalue weighted by Gasteiger charge is 2.40. The number of anilines is 1. The molecule has 1 saturated heterocycles. The highest BCUT2D eigenvalue weighted by molar-refractivity contribution is 7.99. The standard InChI is InChI=1S/C22H23N5O4S2/c1-16-6-8-17(9-7-16)27-21(25-10-13-31-14-11-25)23-24-22(27)32-15-12-26-20(28)18-4-2-3-5-19(18)33(26,29)30/h2-9H,10-15H2,1H3. The second kappa shape index (κ2) is 8.81. The number of hydrogen-bond donors (Lipinski definition) is 0. The van der Waals surface area contributed by atoms with Crippen LogP contribution in [0.3, 0.4) is 0 Å². The number of hydrogen-bond acceptors (Lipinski definition) is 8. The summed E-state index contributed by atoms with van der Waals surface area (Å²) in [5, 5.41) is 9.46. The van der Waals surface area contributed by atoms with Crippen molar-refractivity contribution in [3.8, 4) is 5.69 Å². The van der Waals surface area contributed by atoms with Gasteiger partial charge in [0.2, 0.25) is 5.95 Å². The molecule has 3 heterocycles. The summed E-state index contributed by atoms with van der Waals surface area (Å²) in [4.78, 5) is 14.9. The first kappa shape index (κ1) is 21.9. The summed E-state index contributed by atoms with van der Waals surface area (Å²) in [6.45, 7) is 4.76. The summed E-state index contributed by atoms with van der Waals surface area (Å²) in [7, 11) is -3.82. The number of carbonyl (C=O) groups is 1. The molecule has 1 aromatic heterocycles. The van der Waals surface area contributed by atoms with Gasteiger partial charge in [-0.3, -0.25) is 9.36 Å². The first-order chi connectivity index (χ1) is 16.0. The third kappa shape index (κ3) is 4.00. The molecule has 3 aromatic rings. The Morgan fingerprint density at radius 3 is 2.48 bits per heavy atom. The van der Waals surface area contributed by atoms with E-state index in [2.05, 4.69) is 15.1 Å². The van der Waals surface area contributed by atoms with Crippen molar-refractivity contribution in [2.75, 3.05) is 43.5 Å². The molecule has 0 N–H and O–H groups in total. The highest BCUT2D eigenvalue weighted by Crippen LogP contribution is 2.32. The topological polar surface area (TPSA) is 97.6 Å². The summed E-state index contributed by atoms with van der Waals surface area (Å²) in [5.41, 5.74) is 2.29. The van der Waals surface area contributed by atoms with Crippen molar-refractivity contribution in [1.29, 1.82) is 0 Å². The maximum atomic E-state index is 12.8. The van der Waals surface area contributed by atoms with Crippen LogP contribution in [0.5, 0.6) is 0 Å². The van der Waals surface area contributed by atoms with Crippen molar-refractivity contribution in [3.63, 3.8) is 0 Å². The molecular formula is C22H23N5O4S2. The molecule has 0 atom stereocenters. The number of ether oxygens (including phenoxy) is 1. The minimum absolute atomic E-state index is 0.0498. The Morgan fingerprint density at radius 2 is 1.76 bits per heavy atom. The lowest BCUT2D eigenvalue weighted by Gasteiger charge is -2.28. The number of fused-ring (bicyclic) bond motifs is 1. The van der Waals surface area contributed by atoms with E-state index < -0.39 is 15.9 Å². The fourth-order valence-corrected chi connectivity index (χ4v) is 6.47. The van der Waals surface area contributed by atoms with Crippen LogP contribution in [0.25, 0.3) is 5.69 Å². The third-order valence-electron chi connectivity index (χ3n) is 5.64. The zero-order valence-electron chi connectivity index (χ0n) is 18.0. The molecule has 0 radical (unpaired) electrons.